The molecule has 9 aromatic rings. The van der Waals surface area contributed by atoms with Crippen molar-refractivity contribution in [2.24, 2.45) is 0 Å². The van der Waals surface area contributed by atoms with Gasteiger partial charge in [-0.2, -0.15) is 0 Å². The van der Waals surface area contributed by atoms with Crippen LogP contribution in [0.4, 0.5) is 0 Å². The number of hydrogen-bond acceptors (Lipinski definition) is 1. The number of pyridine rings is 1. The molecule has 3 heteroatoms. The summed E-state index contributed by atoms with van der Waals surface area (Å²) in [5, 5.41) is 3.88. The van der Waals surface area contributed by atoms with Crippen LogP contribution in [0.1, 0.15) is 17.7 Å². The van der Waals surface area contributed by atoms with E-state index in [9.17, 15) is 0 Å². The molecule has 236 valence electrons. The molecule has 50 heavy (non-hydrogen) atoms. The van der Waals surface area contributed by atoms with Crippen molar-refractivity contribution in [1.29, 1.82) is 0 Å². The molecule has 1 aliphatic carbocycles. The van der Waals surface area contributed by atoms with Gasteiger partial charge in [0.15, 0.2) is 0 Å². The second kappa shape index (κ2) is 11.6. The van der Waals surface area contributed by atoms with Crippen molar-refractivity contribution >= 4 is 38.8 Å². The Morgan fingerprint density at radius 3 is 1.56 bits per heavy atom. The van der Waals surface area contributed by atoms with Crippen molar-refractivity contribution < 1.29 is 0 Å². The smallest absolute Gasteiger partial charge is 0.0715 e. The number of aromatic nitrogens is 3. The van der Waals surface area contributed by atoms with E-state index in [0.717, 1.165) is 52.2 Å². The highest BCUT2D eigenvalue weighted by Crippen LogP contribution is 2.37. The van der Waals surface area contributed by atoms with E-state index in [1.54, 1.807) is 0 Å². The largest absolute Gasteiger partial charge is 0.310 e. The molecule has 0 atom stereocenters. The zero-order valence-electron chi connectivity index (χ0n) is 27.5. The van der Waals surface area contributed by atoms with Gasteiger partial charge in [0.1, 0.15) is 0 Å². The molecular weight excluding hydrogens is 607 g/mol. The van der Waals surface area contributed by atoms with Gasteiger partial charge in [-0.3, -0.25) is 0 Å². The normalized spacial score (nSPS) is 12.6. The Morgan fingerprint density at radius 2 is 0.920 bits per heavy atom. The first-order chi connectivity index (χ1) is 24.8. The quantitative estimate of drug-likeness (QED) is 0.184. The monoisotopic (exact) mass is 639 g/mol. The first-order valence-corrected chi connectivity index (χ1v) is 17.4. The molecule has 0 aliphatic heterocycles. The predicted octanol–water partition coefficient (Wildman–Crippen LogP) is 12.1. The molecule has 0 spiro atoms. The van der Waals surface area contributed by atoms with Crippen LogP contribution in [0.2, 0.25) is 0 Å². The number of fused-ring (bicyclic) bond motifs is 6. The third-order valence-electron chi connectivity index (χ3n) is 10.2. The number of rotatable bonds is 5. The number of benzene rings is 6. The van der Waals surface area contributed by atoms with Crippen molar-refractivity contribution in [2.75, 3.05) is 0 Å². The van der Waals surface area contributed by atoms with Crippen molar-refractivity contribution in [1.82, 2.24) is 14.1 Å². The molecular formula is C47H33N3. The van der Waals surface area contributed by atoms with E-state index < -0.39 is 0 Å². The molecule has 0 fully saturated rings. The van der Waals surface area contributed by atoms with Crippen LogP contribution in [-0.4, -0.2) is 14.1 Å². The number of nitrogens with zero attached hydrogens (tertiary/aromatic N) is 3. The molecule has 0 saturated carbocycles. The number of hydrogen-bond donors (Lipinski definition) is 0. The minimum atomic E-state index is 0.954. The minimum absolute atomic E-state index is 0.954. The maximum absolute atomic E-state index is 5.21. The van der Waals surface area contributed by atoms with Gasteiger partial charge in [0, 0.05) is 44.4 Å². The van der Waals surface area contributed by atoms with Gasteiger partial charge in [-0.15, -0.1) is 0 Å². The Balaban J connectivity index is 1.07. The standard InChI is InChI=1S/C47H33N3/c1-2-12-33(13-3-1)42-30-35(32-22-26-36(27-23-32)49-44-18-8-4-14-38(44)39-15-5-9-19-45(39)49)31-43(48-42)34-24-28-37(29-25-34)50-46-20-10-6-16-40(46)41-17-7-11-21-47(41)50/h1-4,6-14,16-31H,5,15H2. The number of allylic oxidation sites excluding steroid dienone is 1. The first kappa shape index (κ1) is 28.6. The first-order valence-electron chi connectivity index (χ1n) is 17.4. The van der Waals surface area contributed by atoms with Crippen LogP contribution in [0.5, 0.6) is 0 Å². The lowest BCUT2D eigenvalue weighted by Gasteiger charge is -2.14. The van der Waals surface area contributed by atoms with Crippen molar-refractivity contribution in [2.45, 2.75) is 12.8 Å². The molecule has 6 aromatic carbocycles. The second-order valence-corrected chi connectivity index (χ2v) is 13.1. The maximum Gasteiger partial charge on any atom is 0.0715 e. The molecule has 1 aliphatic rings. The molecule has 0 radical (unpaired) electrons. The van der Waals surface area contributed by atoms with Crippen molar-refractivity contribution in [3.63, 3.8) is 0 Å². The molecule has 0 bridgehead atoms. The van der Waals surface area contributed by atoms with Crippen LogP contribution in [0, 0.1) is 0 Å². The van der Waals surface area contributed by atoms with Gasteiger partial charge >= 0.3 is 0 Å². The van der Waals surface area contributed by atoms with E-state index in [-0.39, 0.29) is 0 Å². The fourth-order valence-electron chi connectivity index (χ4n) is 7.85. The minimum Gasteiger partial charge on any atom is -0.310 e. The van der Waals surface area contributed by atoms with Gasteiger partial charge in [-0.1, -0.05) is 115 Å². The van der Waals surface area contributed by atoms with Gasteiger partial charge in [0.2, 0.25) is 0 Å². The summed E-state index contributed by atoms with van der Waals surface area (Å²) in [5.41, 5.74) is 15.2. The Hall–Kier alpha value is -6.45. The highest BCUT2D eigenvalue weighted by atomic mass is 15.0. The van der Waals surface area contributed by atoms with E-state index in [4.69, 9.17) is 4.98 Å². The summed E-state index contributed by atoms with van der Waals surface area (Å²) in [6.07, 6.45) is 6.77. The summed E-state index contributed by atoms with van der Waals surface area (Å²) in [4.78, 5) is 5.21. The summed E-state index contributed by atoms with van der Waals surface area (Å²) >= 11 is 0. The fraction of sp³-hybridized carbons (Fsp3) is 0.0426. The molecule has 10 rings (SSSR count). The summed E-state index contributed by atoms with van der Waals surface area (Å²) in [6.45, 7) is 0. The van der Waals surface area contributed by atoms with E-state index in [1.807, 2.05) is 0 Å². The van der Waals surface area contributed by atoms with Crippen LogP contribution in [-0.2, 0) is 6.42 Å². The van der Waals surface area contributed by atoms with Gasteiger partial charge in [-0.05, 0) is 90.2 Å². The lowest BCUT2D eigenvalue weighted by atomic mass is 9.99. The van der Waals surface area contributed by atoms with Crippen LogP contribution < -0.4 is 0 Å². The van der Waals surface area contributed by atoms with Crippen molar-refractivity contribution in [3.8, 4) is 45.0 Å². The van der Waals surface area contributed by atoms with Gasteiger partial charge in [0.05, 0.1) is 27.9 Å². The van der Waals surface area contributed by atoms with Crippen LogP contribution in [0.15, 0.2) is 170 Å². The second-order valence-electron chi connectivity index (χ2n) is 13.1. The third kappa shape index (κ3) is 4.62. The Bertz CT molecular complexity index is 2670. The fourth-order valence-corrected chi connectivity index (χ4v) is 7.85. The maximum atomic E-state index is 5.21. The zero-order chi connectivity index (χ0) is 33.0. The lowest BCUT2D eigenvalue weighted by molar-refractivity contribution is 0.967. The summed E-state index contributed by atoms with van der Waals surface area (Å²) in [7, 11) is 0. The molecule has 3 heterocycles. The van der Waals surface area contributed by atoms with Gasteiger partial charge in [-0.25, -0.2) is 4.98 Å². The molecule has 0 unspecified atom stereocenters. The molecule has 3 aromatic heterocycles. The average Bonchev–Trinajstić information content (AvgIpc) is 3.71. The Kier molecular flexibility index (Phi) is 6.63. The third-order valence-corrected chi connectivity index (χ3v) is 10.2. The molecule has 0 saturated heterocycles. The highest BCUT2D eigenvalue weighted by molar-refractivity contribution is 6.09. The van der Waals surface area contributed by atoms with E-state index >= 15 is 0 Å². The average molecular weight is 640 g/mol. The molecule has 3 nitrogen and oxygen atoms in total. The van der Waals surface area contributed by atoms with Crippen LogP contribution in [0.3, 0.4) is 0 Å². The van der Waals surface area contributed by atoms with Gasteiger partial charge in [0.25, 0.3) is 0 Å². The van der Waals surface area contributed by atoms with E-state index in [2.05, 4.69) is 185 Å². The predicted molar refractivity (Wildman–Crippen MR) is 209 cm³/mol. The van der Waals surface area contributed by atoms with Crippen LogP contribution >= 0.6 is 0 Å². The highest BCUT2D eigenvalue weighted by Gasteiger charge is 2.18. The summed E-state index contributed by atoms with van der Waals surface area (Å²) < 4.78 is 4.77. The molecule has 0 amide bonds. The molecule has 0 N–H and O–H groups in total. The number of aryl methyl sites for hydroxylation is 1. The van der Waals surface area contributed by atoms with E-state index in [0.29, 0.717) is 0 Å². The SMILES string of the molecule is C1=Cc2c(c3ccccc3n2-c2ccc(-c3cc(-c4ccccc4)nc(-c4ccc(-n5c6ccccc6c6ccccc65)cc4)c3)cc2)CC1. The number of para-hydroxylation sites is 3. The zero-order valence-corrected chi connectivity index (χ0v) is 27.5. The van der Waals surface area contributed by atoms with Gasteiger partial charge < -0.3 is 9.13 Å². The summed E-state index contributed by atoms with van der Waals surface area (Å²) in [5.74, 6) is 0. The van der Waals surface area contributed by atoms with E-state index in [1.165, 1.54) is 49.7 Å². The van der Waals surface area contributed by atoms with Crippen molar-refractivity contribution in [3.05, 3.63) is 181 Å². The lowest BCUT2D eigenvalue weighted by Crippen LogP contribution is -2.00. The topological polar surface area (TPSA) is 22.8 Å². The Labute approximate surface area is 291 Å². The summed E-state index contributed by atoms with van der Waals surface area (Å²) in [6, 6.07) is 58.9. The van der Waals surface area contributed by atoms with Crippen LogP contribution in [0.25, 0.3) is 83.8 Å². The Morgan fingerprint density at radius 1 is 0.420 bits per heavy atom.